The average molecular weight is 697 g/mol. The summed E-state index contributed by atoms with van der Waals surface area (Å²) in [4.78, 5) is 29.8. The summed E-state index contributed by atoms with van der Waals surface area (Å²) in [6.07, 6.45) is 0.239. The van der Waals surface area contributed by atoms with Crippen LogP contribution in [-0.2, 0) is 32.6 Å². The van der Waals surface area contributed by atoms with E-state index in [4.69, 9.17) is 11.6 Å². The van der Waals surface area contributed by atoms with Crippen molar-refractivity contribution in [1.82, 2.24) is 10.2 Å². The number of nitrogens with zero attached hydrogens (tertiary/aromatic N) is 2. The number of rotatable bonds is 12. The van der Waals surface area contributed by atoms with Crippen LogP contribution >= 0.6 is 27.5 Å². The first kappa shape index (κ1) is 33.2. The summed E-state index contributed by atoms with van der Waals surface area (Å²) >= 11 is 9.88. The second kappa shape index (κ2) is 14.9. The van der Waals surface area contributed by atoms with E-state index in [1.54, 1.807) is 43.3 Å². The zero-order valence-corrected chi connectivity index (χ0v) is 27.9. The second-order valence-electron chi connectivity index (χ2n) is 10.7. The Bertz CT molecular complexity index is 1690. The Labute approximate surface area is 273 Å². The quantitative estimate of drug-likeness (QED) is 0.177. The van der Waals surface area contributed by atoms with Gasteiger partial charge < -0.3 is 10.2 Å². The van der Waals surface area contributed by atoms with Gasteiger partial charge in [0.1, 0.15) is 12.6 Å². The molecule has 0 spiro atoms. The van der Waals surface area contributed by atoms with E-state index < -0.39 is 28.5 Å². The van der Waals surface area contributed by atoms with Crippen molar-refractivity contribution in [2.75, 3.05) is 10.8 Å². The molecule has 2 amide bonds. The molecule has 0 aliphatic rings. The van der Waals surface area contributed by atoms with Gasteiger partial charge >= 0.3 is 0 Å². The molecule has 4 rings (SSSR count). The minimum Gasteiger partial charge on any atom is -0.352 e. The van der Waals surface area contributed by atoms with Gasteiger partial charge in [-0.2, -0.15) is 0 Å². The maximum atomic E-state index is 14.5. The Hall–Kier alpha value is -3.66. The minimum absolute atomic E-state index is 0.0324. The molecule has 4 aromatic rings. The van der Waals surface area contributed by atoms with Crippen LogP contribution in [0.15, 0.2) is 112 Å². The highest BCUT2D eigenvalue weighted by molar-refractivity contribution is 9.10. The molecule has 7 nitrogen and oxygen atoms in total. The molecule has 0 unspecified atom stereocenters. The lowest BCUT2D eigenvalue weighted by molar-refractivity contribution is -0.140. The van der Waals surface area contributed by atoms with Gasteiger partial charge in [-0.05, 0) is 73.9 Å². The van der Waals surface area contributed by atoms with Crippen LogP contribution in [-0.4, -0.2) is 43.8 Å². The lowest BCUT2D eigenvalue weighted by atomic mass is 10.0. The summed E-state index contributed by atoms with van der Waals surface area (Å²) in [6, 6.07) is 28.7. The summed E-state index contributed by atoms with van der Waals surface area (Å²) in [5.74, 6) is -0.864. The van der Waals surface area contributed by atoms with Crippen molar-refractivity contribution in [1.29, 1.82) is 0 Å². The molecule has 0 bridgehead atoms. The van der Waals surface area contributed by atoms with Gasteiger partial charge in [0.05, 0.1) is 10.6 Å². The Balaban J connectivity index is 1.82. The van der Waals surface area contributed by atoms with E-state index in [1.165, 1.54) is 17.0 Å². The molecule has 0 fully saturated rings. The molecule has 0 aliphatic carbocycles. The van der Waals surface area contributed by atoms with Gasteiger partial charge in [-0.3, -0.25) is 13.9 Å². The Morgan fingerprint density at radius 2 is 1.45 bits per heavy atom. The van der Waals surface area contributed by atoms with E-state index in [0.29, 0.717) is 10.6 Å². The van der Waals surface area contributed by atoms with Crippen molar-refractivity contribution in [2.45, 2.75) is 50.7 Å². The number of benzene rings is 4. The van der Waals surface area contributed by atoms with Gasteiger partial charge in [-0.15, -0.1) is 0 Å². The third-order valence-electron chi connectivity index (χ3n) is 7.09. The van der Waals surface area contributed by atoms with Crippen LogP contribution in [0.25, 0.3) is 0 Å². The van der Waals surface area contributed by atoms with Gasteiger partial charge in [0.15, 0.2) is 0 Å². The van der Waals surface area contributed by atoms with E-state index in [9.17, 15) is 18.0 Å². The Kier molecular flexibility index (Phi) is 11.2. The summed E-state index contributed by atoms with van der Waals surface area (Å²) in [5, 5.41) is 3.33. The van der Waals surface area contributed by atoms with Crippen LogP contribution in [0.5, 0.6) is 0 Å². The zero-order valence-electron chi connectivity index (χ0n) is 24.8. The summed E-state index contributed by atoms with van der Waals surface area (Å²) in [7, 11) is -4.20. The number of amides is 2. The average Bonchev–Trinajstić information content (AvgIpc) is 3.00. The van der Waals surface area contributed by atoms with Crippen molar-refractivity contribution >= 4 is 55.1 Å². The van der Waals surface area contributed by atoms with Gasteiger partial charge in [0.25, 0.3) is 10.0 Å². The smallest absolute Gasteiger partial charge is 0.264 e. The third-order valence-corrected chi connectivity index (χ3v) is 9.80. The highest BCUT2D eigenvalue weighted by Crippen LogP contribution is 2.31. The van der Waals surface area contributed by atoms with Crippen molar-refractivity contribution in [2.24, 2.45) is 0 Å². The first-order valence-electron chi connectivity index (χ1n) is 14.2. The summed E-state index contributed by atoms with van der Waals surface area (Å²) in [6.45, 7) is 4.96. The number of sulfonamides is 1. The minimum atomic E-state index is -4.20. The fourth-order valence-corrected chi connectivity index (χ4v) is 6.75. The maximum absolute atomic E-state index is 14.5. The van der Waals surface area contributed by atoms with Gasteiger partial charge in [0.2, 0.25) is 11.8 Å². The molecule has 0 aromatic heterocycles. The third kappa shape index (κ3) is 8.28. The van der Waals surface area contributed by atoms with Crippen molar-refractivity contribution < 1.29 is 18.0 Å². The fourth-order valence-electron chi connectivity index (χ4n) is 4.82. The Morgan fingerprint density at radius 1 is 0.841 bits per heavy atom. The normalized spacial score (nSPS) is 12.0. The zero-order chi connectivity index (χ0) is 31.9. The molecule has 10 heteroatoms. The van der Waals surface area contributed by atoms with Crippen LogP contribution in [0.1, 0.15) is 30.5 Å². The predicted octanol–water partition coefficient (Wildman–Crippen LogP) is 6.77. The molecule has 4 aromatic carbocycles. The standard InChI is InChI=1S/C34H35BrClN3O4S/c1-24(2)37-34(41)32(21-26-11-6-4-7-12-26)38(22-27-17-19-28(35)20-18-27)33(40)23-39(31-16-10-15-30(36)25(31)3)44(42,43)29-13-8-5-9-14-29/h4-20,24,32H,21-23H2,1-3H3,(H,37,41)/t32-/m1/s1. The van der Waals surface area contributed by atoms with Crippen molar-refractivity contribution in [3.05, 3.63) is 129 Å². The van der Waals surface area contributed by atoms with E-state index in [1.807, 2.05) is 68.4 Å². The lowest BCUT2D eigenvalue weighted by Gasteiger charge is -2.34. The van der Waals surface area contributed by atoms with E-state index in [-0.39, 0.29) is 35.5 Å². The number of hydrogen-bond donors (Lipinski definition) is 1. The summed E-state index contributed by atoms with van der Waals surface area (Å²) in [5.41, 5.74) is 2.45. The number of carbonyl (C=O) groups is 2. The second-order valence-corrected chi connectivity index (χ2v) is 13.9. The molecule has 1 N–H and O–H groups in total. The number of anilines is 1. The SMILES string of the molecule is Cc1c(Cl)cccc1N(CC(=O)N(Cc1ccc(Br)cc1)[C@H](Cc1ccccc1)C(=O)NC(C)C)S(=O)(=O)c1ccccc1. The first-order chi connectivity index (χ1) is 21.0. The topological polar surface area (TPSA) is 86.8 Å². The molecular formula is C34H35BrClN3O4S. The number of nitrogens with one attached hydrogen (secondary N) is 1. The van der Waals surface area contributed by atoms with Gasteiger partial charge in [-0.1, -0.05) is 94.3 Å². The molecule has 0 saturated carbocycles. The molecule has 230 valence electrons. The van der Waals surface area contributed by atoms with Crippen LogP contribution in [0.3, 0.4) is 0 Å². The van der Waals surface area contributed by atoms with E-state index >= 15 is 0 Å². The fraction of sp³-hybridized carbons (Fsp3) is 0.235. The monoisotopic (exact) mass is 695 g/mol. The van der Waals surface area contributed by atoms with Crippen LogP contribution in [0, 0.1) is 6.92 Å². The van der Waals surface area contributed by atoms with E-state index in [0.717, 1.165) is 19.9 Å². The number of halogens is 2. The molecule has 0 radical (unpaired) electrons. The van der Waals surface area contributed by atoms with Crippen molar-refractivity contribution in [3.63, 3.8) is 0 Å². The number of carbonyl (C=O) groups excluding carboxylic acids is 2. The van der Waals surface area contributed by atoms with Crippen molar-refractivity contribution in [3.8, 4) is 0 Å². The highest BCUT2D eigenvalue weighted by atomic mass is 79.9. The maximum Gasteiger partial charge on any atom is 0.264 e. The van der Waals surface area contributed by atoms with Gasteiger partial charge in [0, 0.05) is 28.5 Å². The molecule has 0 heterocycles. The largest absolute Gasteiger partial charge is 0.352 e. The number of hydrogen-bond acceptors (Lipinski definition) is 4. The van der Waals surface area contributed by atoms with Crippen LogP contribution in [0.4, 0.5) is 5.69 Å². The summed E-state index contributed by atoms with van der Waals surface area (Å²) < 4.78 is 30.2. The predicted molar refractivity (Wildman–Crippen MR) is 179 cm³/mol. The highest BCUT2D eigenvalue weighted by Gasteiger charge is 2.35. The van der Waals surface area contributed by atoms with Crippen LogP contribution < -0.4 is 9.62 Å². The first-order valence-corrected chi connectivity index (χ1v) is 16.8. The molecule has 44 heavy (non-hydrogen) atoms. The molecule has 1 atom stereocenters. The van der Waals surface area contributed by atoms with Crippen LogP contribution in [0.2, 0.25) is 5.02 Å². The van der Waals surface area contributed by atoms with E-state index in [2.05, 4.69) is 21.2 Å². The molecule has 0 saturated heterocycles. The molecule has 0 aliphatic heterocycles. The molecular weight excluding hydrogens is 662 g/mol. The Morgan fingerprint density at radius 3 is 2.07 bits per heavy atom. The van der Waals surface area contributed by atoms with Gasteiger partial charge in [-0.25, -0.2) is 8.42 Å². The lowest BCUT2D eigenvalue weighted by Crippen LogP contribution is -2.54.